The van der Waals surface area contributed by atoms with Crippen LogP contribution >= 0.6 is 0 Å². The smallest absolute Gasteiger partial charge is 0.0681 e. The molecule has 0 aromatic heterocycles. The van der Waals surface area contributed by atoms with Crippen LogP contribution in [0.5, 0.6) is 0 Å². The van der Waals surface area contributed by atoms with Crippen LogP contribution in [0.4, 0.5) is 0 Å². The molecule has 21 heavy (non-hydrogen) atoms. The van der Waals surface area contributed by atoms with Gasteiger partial charge in [-0.1, -0.05) is 25.1 Å². The van der Waals surface area contributed by atoms with Crippen LogP contribution in [-0.4, -0.2) is 28.6 Å². The Morgan fingerprint density at radius 2 is 2.19 bits per heavy atom. The van der Waals surface area contributed by atoms with Gasteiger partial charge in [0, 0.05) is 12.1 Å². The lowest BCUT2D eigenvalue weighted by Gasteiger charge is -2.52. The molecule has 2 nitrogen and oxygen atoms in total. The number of benzene rings is 1. The number of aliphatic hydroxyl groups excluding tert-OH is 1. The summed E-state index contributed by atoms with van der Waals surface area (Å²) in [5, 5.41) is 9.42. The van der Waals surface area contributed by atoms with Crippen molar-refractivity contribution in [2.75, 3.05) is 6.54 Å². The first kappa shape index (κ1) is 13.8. The van der Waals surface area contributed by atoms with Gasteiger partial charge < -0.3 is 5.11 Å². The Hall–Kier alpha value is -0.860. The summed E-state index contributed by atoms with van der Waals surface area (Å²) in [6, 6.07) is 8.16. The number of rotatable bonds is 3. The Labute approximate surface area is 128 Å². The van der Waals surface area contributed by atoms with Crippen molar-refractivity contribution < 1.29 is 5.11 Å². The Bertz CT molecular complexity index is 550. The maximum absolute atomic E-state index is 9.42. The summed E-state index contributed by atoms with van der Waals surface area (Å²) in [6.45, 7) is 6.31. The molecular weight excluding hydrogens is 258 g/mol. The predicted octanol–water partition coefficient (Wildman–Crippen LogP) is 3.26. The molecule has 1 aromatic carbocycles. The van der Waals surface area contributed by atoms with Gasteiger partial charge in [-0.05, 0) is 73.6 Å². The molecule has 2 heteroatoms. The highest BCUT2D eigenvalue weighted by Gasteiger charge is 2.45. The van der Waals surface area contributed by atoms with E-state index in [2.05, 4.69) is 36.9 Å². The summed E-state index contributed by atoms with van der Waals surface area (Å²) in [7, 11) is 0. The predicted molar refractivity (Wildman–Crippen MR) is 85.3 cm³/mol. The van der Waals surface area contributed by atoms with E-state index >= 15 is 0 Å². The first-order chi connectivity index (χ1) is 10.1. The molecule has 114 valence electrons. The molecule has 0 amide bonds. The number of likely N-dealkylation sites (tertiary alicyclic amines) is 1. The van der Waals surface area contributed by atoms with E-state index in [-0.39, 0.29) is 6.61 Å². The molecule has 1 saturated carbocycles. The number of fused-ring (bicyclic) bond motifs is 4. The van der Waals surface area contributed by atoms with Crippen LogP contribution in [0.3, 0.4) is 0 Å². The summed E-state index contributed by atoms with van der Waals surface area (Å²) in [5.74, 6) is 0.965. The summed E-state index contributed by atoms with van der Waals surface area (Å²) in [4.78, 5) is 2.81. The SMILES string of the molecule is CC(C1CC1)N1CC[C@]2(C)C[C@H]1Cc1ccc(CO)cc12. The van der Waals surface area contributed by atoms with Crippen LogP contribution in [-0.2, 0) is 18.4 Å². The average molecular weight is 285 g/mol. The van der Waals surface area contributed by atoms with Crippen LogP contribution in [0.15, 0.2) is 18.2 Å². The van der Waals surface area contributed by atoms with Gasteiger partial charge in [0.25, 0.3) is 0 Å². The van der Waals surface area contributed by atoms with Crippen LogP contribution in [0.2, 0.25) is 0 Å². The highest BCUT2D eigenvalue weighted by molar-refractivity contribution is 5.41. The molecule has 1 aromatic rings. The summed E-state index contributed by atoms with van der Waals surface area (Å²) in [5.41, 5.74) is 4.44. The minimum atomic E-state index is 0.164. The summed E-state index contributed by atoms with van der Waals surface area (Å²) in [6.07, 6.45) is 6.65. The monoisotopic (exact) mass is 285 g/mol. The molecule has 0 spiro atoms. The quantitative estimate of drug-likeness (QED) is 0.921. The third-order valence-electron chi connectivity index (χ3n) is 6.37. The Balaban J connectivity index is 1.66. The Morgan fingerprint density at radius 1 is 1.38 bits per heavy atom. The average Bonchev–Trinajstić information content (AvgIpc) is 3.31. The topological polar surface area (TPSA) is 23.5 Å². The number of hydrogen-bond donors (Lipinski definition) is 1. The first-order valence-corrected chi connectivity index (χ1v) is 8.59. The number of aliphatic hydroxyl groups is 1. The van der Waals surface area contributed by atoms with Gasteiger partial charge in [0.15, 0.2) is 0 Å². The molecule has 1 aliphatic heterocycles. The molecule has 1 heterocycles. The zero-order valence-electron chi connectivity index (χ0n) is 13.3. The highest BCUT2D eigenvalue weighted by atomic mass is 16.3. The highest BCUT2D eigenvalue weighted by Crippen LogP contribution is 2.47. The van der Waals surface area contributed by atoms with Gasteiger partial charge in [-0.2, -0.15) is 0 Å². The molecule has 2 aliphatic carbocycles. The third-order valence-corrected chi connectivity index (χ3v) is 6.37. The second-order valence-electron chi connectivity index (χ2n) is 7.84. The fraction of sp³-hybridized carbons (Fsp3) is 0.684. The normalized spacial score (nSPS) is 33.6. The van der Waals surface area contributed by atoms with Gasteiger partial charge in [-0.15, -0.1) is 0 Å². The van der Waals surface area contributed by atoms with Crippen molar-refractivity contribution in [1.29, 1.82) is 0 Å². The minimum absolute atomic E-state index is 0.164. The van der Waals surface area contributed by atoms with Crippen LogP contribution < -0.4 is 0 Å². The molecule has 2 bridgehead atoms. The molecule has 0 radical (unpaired) electrons. The minimum Gasteiger partial charge on any atom is -0.392 e. The van der Waals surface area contributed by atoms with Gasteiger partial charge in [-0.25, -0.2) is 0 Å². The maximum atomic E-state index is 9.42. The molecule has 3 aliphatic rings. The van der Waals surface area contributed by atoms with E-state index in [1.807, 2.05) is 0 Å². The molecule has 4 rings (SSSR count). The van der Waals surface area contributed by atoms with Gasteiger partial charge in [0.1, 0.15) is 0 Å². The standard InChI is InChI=1S/C19H27NO/c1-13(15-5-6-15)20-8-7-19(2)11-17(20)10-16-4-3-14(12-21)9-18(16)19/h3-4,9,13,15,17,21H,5-8,10-12H2,1-2H3/t13?,17-,19-/m1/s1. The zero-order chi connectivity index (χ0) is 14.6. The molecule has 3 atom stereocenters. The van der Waals surface area contributed by atoms with Crippen molar-refractivity contribution in [3.8, 4) is 0 Å². The summed E-state index contributed by atoms with van der Waals surface area (Å²) < 4.78 is 0. The van der Waals surface area contributed by atoms with E-state index in [1.165, 1.54) is 49.8 Å². The van der Waals surface area contributed by atoms with Gasteiger partial charge in [0.2, 0.25) is 0 Å². The third kappa shape index (κ3) is 2.24. The molecule has 1 N–H and O–H groups in total. The molecule has 1 saturated heterocycles. The fourth-order valence-corrected chi connectivity index (χ4v) is 4.83. The van der Waals surface area contributed by atoms with Crippen molar-refractivity contribution in [2.45, 2.75) is 70.1 Å². The summed E-state index contributed by atoms with van der Waals surface area (Å²) >= 11 is 0. The van der Waals surface area contributed by atoms with Crippen LogP contribution in [0.25, 0.3) is 0 Å². The van der Waals surface area contributed by atoms with Crippen LogP contribution in [0, 0.1) is 5.92 Å². The van der Waals surface area contributed by atoms with Crippen molar-refractivity contribution in [2.24, 2.45) is 5.92 Å². The van der Waals surface area contributed by atoms with Gasteiger partial charge >= 0.3 is 0 Å². The van der Waals surface area contributed by atoms with Gasteiger partial charge in [0.05, 0.1) is 6.61 Å². The second-order valence-corrected chi connectivity index (χ2v) is 7.84. The van der Waals surface area contributed by atoms with Crippen LogP contribution in [0.1, 0.15) is 56.2 Å². The van der Waals surface area contributed by atoms with Crippen molar-refractivity contribution in [3.63, 3.8) is 0 Å². The van der Waals surface area contributed by atoms with E-state index < -0.39 is 0 Å². The first-order valence-electron chi connectivity index (χ1n) is 8.59. The lowest BCUT2D eigenvalue weighted by molar-refractivity contribution is 0.0467. The molecular formula is C19H27NO. The number of hydrogen-bond acceptors (Lipinski definition) is 2. The van der Waals surface area contributed by atoms with E-state index in [0.717, 1.165) is 23.6 Å². The van der Waals surface area contributed by atoms with E-state index in [4.69, 9.17) is 0 Å². The number of piperidine rings is 1. The number of nitrogens with zero attached hydrogens (tertiary/aromatic N) is 1. The second kappa shape index (κ2) is 4.82. The Kier molecular flexibility index (Phi) is 3.16. The van der Waals surface area contributed by atoms with Crippen molar-refractivity contribution >= 4 is 0 Å². The van der Waals surface area contributed by atoms with E-state index in [1.54, 1.807) is 0 Å². The zero-order valence-corrected chi connectivity index (χ0v) is 13.3. The lowest BCUT2D eigenvalue weighted by atomic mass is 9.64. The van der Waals surface area contributed by atoms with E-state index in [9.17, 15) is 5.11 Å². The molecule has 2 fully saturated rings. The van der Waals surface area contributed by atoms with Crippen molar-refractivity contribution in [1.82, 2.24) is 4.90 Å². The van der Waals surface area contributed by atoms with E-state index in [0.29, 0.717) is 5.41 Å². The lowest BCUT2D eigenvalue weighted by Crippen LogP contribution is -2.55. The molecule has 1 unspecified atom stereocenters. The fourth-order valence-electron chi connectivity index (χ4n) is 4.83. The Morgan fingerprint density at radius 3 is 2.90 bits per heavy atom. The van der Waals surface area contributed by atoms with Crippen molar-refractivity contribution in [3.05, 3.63) is 34.9 Å². The maximum Gasteiger partial charge on any atom is 0.0681 e. The van der Waals surface area contributed by atoms with Gasteiger partial charge in [-0.3, -0.25) is 4.90 Å². The largest absolute Gasteiger partial charge is 0.392 e.